The average molecular weight is 514 g/mol. The number of benzene rings is 3. The lowest BCUT2D eigenvalue weighted by atomic mass is 9.78. The number of nitro groups is 1. The predicted molar refractivity (Wildman–Crippen MR) is 143 cm³/mol. The van der Waals surface area contributed by atoms with Crippen molar-refractivity contribution < 1.29 is 24.0 Å². The van der Waals surface area contributed by atoms with Crippen molar-refractivity contribution in [2.75, 3.05) is 24.4 Å². The zero-order valence-corrected chi connectivity index (χ0v) is 21.3. The number of anilines is 2. The number of hydrogen-bond acceptors (Lipinski definition) is 7. The van der Waals surface area contributed by atoms with E-state index in [0.29, 0.717) is 46.1 Å². The quantitative estimate of drug-likeness (QED) is 0.353. The van der Waals surface area contributed by atoms with Gasteiger partial charge in [0.05, 0.1) is 36.6 Å². The Morgan fingerprint density at radius 2 is 1.74 bits per heavy atom. The molecule has 0 unspecified atom stereocenters. The van der Waals surface area contributed by atoms with Crippen molar-refractivity contribution in [2.45, 2.75) is 31.7 Å². The highest BCUT2D eigenvalue weighted by atomic mass is 16.6. The van der Waals surface area contributed by atoms with E-state index in [4.69, 9.17) is 9.47 Å². The van der Waals surface area contributed by atoms with Crippen LogP contribution >= 0.6 is 0 Å². The molecule has 0 spiro atoms. The first-order valence-corrected chi connectivity index (χ1v) is 12.2. The third-order valence-electron chi connectivity index (χ3n) is 7.10. The van der Waals surface area contributed by atoms with Gasteiger partial charge >= 0.3 is 0 Å². The molecule has 3 aromatic carbocycles. The van der Waals surface area contributed by atoms with Crippen LogP contribution in [-0.2, 0) is 9.59 Å². The van der Waals surface area contributed by atoms with Gasteiger partial charge in [0, 0.05) is 36.7 Å². The first-order chi connectivity index (χ1) is 18.3. The number of carbonyl (C=O) groups excluding carboxylic acids is 2. The van der Waals surface area contributed by atoms with Crippen LogP contribution in [-0.4, -0.2) is 30.8 Å². The van der Waals surface area contributed by atoms with Gasteiger partial charge in [0.2, 0.25) is 5.91 Å². The highest BCUT2D eigenvalue weighted by Gasteiger charge is 2.41. The second kappa shape index (κ2) is 10.0. The lowest BCUT2D eigenvalue weighted by molar-refractivity contribution is -0.384. The molecule has 9 nitrogen and oxygen atoms in total. The molecule has 2 atom stereocenters. The second-order valence-corrected chi connectivity index (χ2v) is 9.32. The van der Waals surface area contributed by atoms with Crippen LogP contribution in [0.25, 0.3) is 0 Å². The molecule has 0 aromatic heterocycles. The SMILES string of the molecule is COc1ccc([C@H]2CC(=O)C3=C(C2)Nc2ccccc2N(C(C)=O)[C@@H]3c2cccc([N+](=O)[O-])c2)cc1OC. The van der Waals surface area contributed by atoms with Crippen LogP contribution in [0.3, 0.4) is 0 Å². The average Bonchev–Trinajstić information content (AvgIpc) is 3.07. The summed E-state index contributed by atoms with van der Waals surface area (Å²) < 4.78 is 10.8. The molecular weight excluding hydrogens is 486 g/mol. The van der Waals surface area contributed by atoms with Gasteiger partial charge in [0.15, 0.2) is 17.3 Å². The number of para-hydroxylation sites is 2. The molecule has 2 aliphatic rings. The van der Waals surface area contributed by atoms with Crippen molar-refractivity contribution in [3.8, 4) is 11.5 Å². The minimum absolute atomic E-state index is 0.106. The molecule has 0 saturated heterocycles. The Hall–Kier alpha value is -4.66. The molecule has 38 heavy (non-hydrogen) atoms. The number of allylic oxidation sites excluding steroid dienone is 1. The molecule has 0 fully saturated rings. The molecular formula is C29H27N3O6. The number of amides is 1. The molecule has 1 aliphatic heterocycles. The standard InChI is InChI=1S/C29H27N3O6/c1-17(33)31-24-10-5-4-9-22(24)30-23-14-20(18-11-12-26(37-2)27(16-18)38-3)15-25(34)28(23)29(31)19-7-6-8-21(13-19)32(35)36/h4-13,16,20,29-30H,14-15H2,1-3H3/t20-,29-/m1/s1. The third-order valence-corrected chi connectivity index (χ3v) is 7.10. The molecule has 9 heteroatoms. The van der Waals surface area contributed by atoms with E-state index in [1.807, 2.05) is 42.5 Å². The lowest BCUT2D eigenvalue weighted by Crippen LogP contribution is -2.37. The fourth-order valence-corrected chi connectivity index (χ4v) is 5.40. The Kier molecular flexibility index (Phi) is 6.59. The summed E-state index contributed by atoms with van der Waals surface area (Å²) in [6.07, 6.45) is 0.714. The number of methoxy groups -OCH3 is 2. The fourth-order valence-electron chi connectivity index (χ4n) is 5.40. The van der Waals surface area contributed by atoms with Crippen LogP contribution in [0.15, 0.2) is 78.0 Å². The summed E-state index contributed by atoms with van der Waals surface area (Å²) in [4.78, 5) is 39.7. The highest BCUT2D eigenvalue weighted by molar-refractivity contribution is 6.06. The highest BCUT2D eigenvalue weighted by Crippen LogP contribution is 2.48. The first-order valence-electron chi connectivity index (χ1n) is 12.2. The third kappa shape index (κ3) is 4.36. The number of ether oxygens (including phenoxy) is 2. The maximum absolute atomic E-state index is 13.9. The fraction of sp³-hybridized carbons (Fsp3) is 0.241. The number of Topliss-reactive ketones (excluding diaryl/α,β-unsaturated/α-hetero) is 1. The topological polar surface area (TPSA) is 111 Å². The van der Waals surface area contributed by atoms with Crippen LogP contribution < -0.4 is 19.7 Å². The normalized spacial score (nSPS) is 18.6. The summed E-state index contributed by atoms with van der Waals surface area (Å²) in [5, 5.41) is 15.0. The Morgan fingerprint density at radius 1 is 0.974 bits per heavy atom. The molecule has 5 rings (SSSR count). The molecule has 1 N–H and O–H groups in total. The van der Waals surface area contributed by atoms with Gasteiger partial charge in [-0.05, 0) is 47.7 Å². The van der Waals surface area contributed by atoms with Gasteiger partial charge in [0.25, 0.3) is 5.69 Å². The molecule has 3 aromatic rings. The largest absolute Gasteiger partial charge is 0.493 e. The van der Waals surface area contributed by atoms with E-state index in [9.17, 15) is 19.7 Å². The molecule has 1 amide bonds. The Balaban J connectivity index is 1.68. The smallest absolute Gasteiger partial charge is 0.269 e. The van der Waals surface area contributed by atoms with E-state index in [-0.39, 0.29) is 29.7 Å². The Morgan fingerprint density at radius 3 is 2.45 bits per heavy atom. The van der Waals surface area contributed by atoms with E-state index in [2.05, 4.69) is 5.32 Å². The van der Waals surface area contributed by atoms with Crippen molar-refractivity contribution in [1.82, 2.24) is 0 Å². The summed E-state index contributed by atoms with van der Waals surface area (Å²) in [5.41, 5.74) is 3.73. The maximum atomic E-state index is 13.9. The number of carbonyl (C=O) groups is 2. The van der Waals surface area contributed by atoms with Gasteiger partial charge in [-0.15, -0.1) is 0 Å². The predicted octanol–water partition coefficient (Wildman–Crippen LogP) is 5.53. The van der Waals surface area contributed by atoms with Crippen LogP contribution in [0.2, 0.25) is 0 Å². The van der Waals surface area contributed by atoms with E-state index in [1.165, 1.54) is 19.1 Å². The van der Waals surface area contributed by atoms with Crippen molar-refractivity contribution in [3.05, 3.63) is 99.2 Å². The number of nitrogens with zero attached hydrogens (tertiary/aromatic N) is 2. The minimum atomic E-state index is -0.822. The number of ketones is 1. The number of rotatable bonds is 5. The number of non-ortho nitro benzene ring substituents is 1. The summed E-state index contributed by atoms with van der Waals surface area (Å²) in [7, 11) is 3.14. The molecule has 0 saturated carbocycles. The van der Waals surface area contributed by atoms with Gasteiger partial charge in [0.1, 0.15) is 0 Å². The van der Waals surface area contributed by atoms with E-state index >= 15 is 0 Å². The Bertz CT molecular complexity index is 1480. The van der Waals surface area contributed by atoms with Crippen molar-refractivity contribution >= 4 is 28.8 Å². The number of nitro benzene ring substituents is 1. The van der Waals surface area contributed by atoms with Crippen molar-refractivity contribution in [3.63, 3.8) is 0 Å². The summed E-state index contributed by atoms with van der Waals surface area (Å²) in [6, 6.07) is 18.3. The Labute approximate surface area is 219 Å². The van der Waals surface area contributed by atoms with Crippen LogP contribution in [0.1, 0.15) is 42.9 Å². The number of hydrogen-bond donors (Lipinski definition) is 1. The maximum Gasteiger partial charge on any atom is 0.269 e. The zero-order valence-electron chi connectivity index (χ0n) is 21.3. The van der Waals surface area contributed by atoms with Gasteiger partial charge in [-0.25, -0.2) is 0 Å². The lowest BCUT2D eigenvalue weighted by Gasteiger charge is -2.34. The monoisotopic (exact) mass is 513 g/mol. The van der Waals surface area contributed by atoms with Gasteiger partial charge in [-0.3, -0.25) is 24.6 Å². The van der Waals surface area contributed by atoms with Gasteiger partial charge < -0.3 is 14.8 Å². The van der Waals surface area contributed by atoms with E-state index in [0.717, 1.165) is 5.56 Å². The van der Waals surface area contributed by atoms with E-state index in [1.54, 1.807) is 31.3 Å². The summed E-state index contributed by atoms with van der Waals surface area (Å²) >= 11 is 0. The van der Waals surface area contributed by atoms with Crippen LogP contribution in [0.4, 0.5) is 17.1 Å². The number of fused-ring (bicyclic) bond motifs is 1. The molecule has 194 valence electrons. The zero-order chi connectivity index (χ0) is 27.0. The molecule has 1 heterocycles. The van der Waals surface area contributed by atoms with Gasteiger partial charge in [-0.1, -0.05) is 30.3 Å². The summed E-state index contributed by atoms with van der Waals surface area (Å²) in [5.74, 6) is 0.625. The van der Waals surface area contributed by atoms with E-state index < -0.39 is 11.0 Å². The van der Waals surface area contributed by atoms with Crippen molar-refractivity contribution in [1.29, 1.82) is 0 Å². The number of nitrogens with one attached hydrogen (secondary N) is 1. The molecule has 0 bridgehead atoms. The van der Waals surface area contributed by atoms with Gasteiger partial charge in [-0.2, -0.15) is 0 Å². The van der Waals surface area contributed by atoms with Crippen LogP contribution in [0.5, 0.6) is 11.5 Å². The molecule has 0 radical (unpaired) electrons. The second-order valence-electron chi connectivity index (χ2n) is 9.32. The van der Waals surface area contributed by atoms with Crippen molar-refractivity contribution in [2.24, 2.45) is 0 Å². The molecule has 1 aliphatic carbocycles. The van der Waals surface area contributed by atoms with Crippen LogP contribution in [0, 0.1) is 10.1 Å². The summed E-state index contributed by atoms with van der Waals surface area (Å²) in [6.45, 7) is 1.44. The minimum Gasteiger partial charge on any atom is -0.493 e. The first kappa shape index (κ1) is 25.0.